The lowest BCUT2D eigenvalue weighted by Gasteiger charge is -2.22. The first kappa shape index (κ1) is 21.9. The summed E-state index contributed by atoms with van der Waals surface area (Å²) in [5.41, 5.74) is 0.637. The molecular weight excluding hydrogens is 396 g/mol. The molecule has 3 rings (SSSR count). The van der Waals surface area contributed by atoms with Gasteiger partial charge in [0.05, 0.1) is 12.6 Å². The van der Waals surface area contributed by atoms with E-state index in [4.69, 9.17) is 4.74 Å². The zero-order valence-corrected chi connectivity index (χ0v) is 18.4. The molecule has 0 aliphatic rings. The lowest BCUT2D eigenvalue weighted by molar-refractivity contribution is 0.0922. The third-order valence-corrected chi connectivity index (χ3v) is 5.59. The minimum atomic E-state index is -0.222. The van der Waals surface area contributed by atoms with Crippen LogP contribution < -0.4 is 10.1 Å². The maximum absolute atomic E-state index is 12.7. The largest absolute Gasteiger partial charge is 0.493 e. The van der Waals surface area contributed by atoms with Gasteiger partial charge in [-0.25, -0.2) is 0 Å². The van der Waals surface area contributed by atoms with Crippen LogP contribution in [0.15, 0.2) is 65.8 Å². The summed E-state index contributed by atoms with van der Waals surface area (Å²) in [6.07, 6.45) is 0. The van der Waals surface area contributed by atoms with Crippen molar-refractivity contribution in [1.29, 1.82) is 0 Å². The number of hydrogen-bond acceptors (Lipinski definition) is 5. The molecule has 1 N–H and O–H groups in total. The van der Waals surface area contributed by atoms with Crippen LogP contribution in [0, 0.1) is 5.92 Å². The molecule has 158 valence electrons. The molecule has 0 spiro atoms. The number of carbonyl (C=O) groups is 1. The van der Waals surface area contributed by atoms with Crippen LogP contribution in [0.4, 0.5) is 0 Å². The van der Waals surface area contributed by atoms with Crippen molar-refractivity contribution in [3.05, 3.63) is 72.1 Å². The lowest BCUT2D eigenvalue weighted by atomic mass is 10.0. The summed E-state index contributed by atoms with van der Waals surface area (Å²) in [5.74, 6) is 2.47. The van der Waals surface area contributed by atoms with Crippen LogP contribution >= 0.6 is 11.8 Å². The minimum Gasteiger partial charge on any atom is -0.493 e. The zero-order chi connectivity index (χ0) is 21.3. The second-order valence-corrected chi connectivity index (χ2v) is 8.22. The van der Waals surface area contributed by atoms with Crippen molar-refractivity contribution in [3.63, 3.8) is 0 Å². The Morgan fingerprint density at radius 1 is 1.07 bits per heavy atom. The lowest BCUT2D eigenvalue weighted by Crippen LogP contribution is -2.33. The fraction of sp³-hybridized carbons (Fsp3) is 0.348. The van der Waals surface area contributed by atoms with E-state index >= 15 is 0 Å². The predicted molar refractivity (Wildman–Crippen MR) is 120 cm³/mol. The van der Waals surface area contributed by atoms with Gasteiger partial charge in [-0.2, -0.15) is 0 Å². The Balaban J connectivity index is 1.66. The first-order chi connectivity index (χ1) is 14.6. The average molecular weight is 425 g/mol. The molecule has 1 heterocycles. The normalized spacial score (nSPS) is 12.0. The Labute approximate surface area is 182 Å². The van der Waals surface area contributed by atoms with Gasteiger partial charge >= 0.3 is 0 Å². The van der Waals surface area contributed by atoms with Crippen molar-refractivity contribution in [3.8, 4) is 5.75 Å². The number of aromatic nitrogens is 3. The SMILES string of the molecule is CCn1c(SCCOc2ccccc2)nnc1[C@H](NC(=O)c1ccccc1)C(C)C. The summed E-state index contributed by atoms with van der Waals surface area (Å²) in [6.45, 7) is 7.53. The van der Waals surface area contributed by atoms with Crippen molar-refractivity contribution in [2.45, 2.75) is 38.5 Å². The van der Waals surface area contributed by atoms with E-state index in [1.165, 1.54) is 0 Å². The number of nitrogens with zero attached hydrogens (tertiary/aromatic N) is 3. The van der Waals surface area contributed by atoms with E-state index in [1.54, 1.807) is 11.8 Å². The molecule has 0 saturated carbocycles. The summed E-state index contributed by atoms with van der Waals surface area (Å²) in [7, 11) is 0. The molecule has 0 aliphatic carbocycles. The topological polar surface area (TPSA) is 69.0 Å². The second kappa shape index (κ2) is 10.8. The monoisotopic (exact) mass is 424 g/mol. The van der Waals surface area contributed by atoms with E-state index in [-0.39, 0.29) is 17.9 Å². The molecule has 1 amide bonds. The van der Waals surface area contributed by atoms with Gasteiger partial charge in [-0.3, -0.25) is 4.79 Å². The van der Waals surface area contributed by atoms with Gasteiger partial charge in [-0.15, -0.1) is 10.2 Å². The molecule has 0 radical (unpaired) electrons. The first-order valence-corrected chi connectivity index (χ1v) is 11.2. The van der Waals surface area contributed by atoms with Crippen LogP contribution in [0.25, 0.3) is 0 Å². The Hall–Kier alpha value is -2.80. The summed E-state index contributed by atoms with van der Waals surface area (Å²) in [4.78, 5) is 12.7. The number of amides is 1. The fourth-order valence-electron chi connectivity index (χ4n) is 3.09. The van der Waals surface area contributed by atoms with Crippen LogP contribution in [0.5, 0.6) is 5.75 Å². The standard InChI is InChI=1S/C23H28N4O2S/c1-4-27-21(20(17(2)3)24-22(28)18-11-7-5-8-12-18)25-26-23(27)30-16-15-29-19-13-9-6-10-14-19/h5-14,17,20H,4,15-16H2,1-3H3,(H,24,28)/t20-/m1/s1. The number of benzene rings is 2. The van der Waals surface area contributed by atoms with E-state index in [1.807, 2.05) is 60.7 Å². The van der Waals surface area contributed by atoms with Crippen molar-refractivity contribution in [1.82, 2.24) is 20.1 Å². The maximum atomic E-state index is 12.7. The highest BCUT2D eigenvalue weighted by atomic mass is 32.2. The minimum absolute atomic E-state index is 0.106. The van der Waals surface area contributed by atoms with E-state index in [0.29, 0.717) is 12.2 Å². The Bertz CT molecular complexity index is 929. The molecule has 3 aromatic rings. The number of nitrogens with one attached hydrogen (secondary N) is 1. The highest BCUT2D eigenvalue weighted by Gasteiger charge is 2.25. The summed E-state index contributed by atoms with van der Waals surface area (Å²) >= 11 is 1.61. The molecule has 0 fully saturated rings. The highest BCUT2D eigenvalue weighted by Crippen LogP contribution is 2.25. The smallest absolute Gasteiger partial charge is 0.251 e. The molecule has 6 nitrogen and oxygen atoms in total. The van der Waals surface area contributed by atoms with Gasteiger partial charge in [0.25, 0.3) is 5.91 Å². The molecule has 0 aliphatic heterocycles. The number of rotatable bonds is 10. The summed E-state index contributed by atoms with van der Waals surface area (Å²) in [6, 6.07) is 18.8. The number of ether oxygens (including phenoxy) is 1. The molecule has 30 heavy (non-hydrogen) atoms. The summed E-state index contributed by atoms with van der Waals surface area (Å²) < 4.78 is 7.83. The van der Waals surface area contributed by atoms with Crippen molar-refractivity contribution >= 4 is 17.7 Å². The molecule has 7 heteroatoms. The van der Waals surface area contributed by atoms with Crippen LogP contribution in [-0.2, 0) is 6.54 Å². The quantitative estimate of drug-likeness (QED) is 0.381. The number of carbonyl (C=O) groups excluding carboxylic acids is 1. The predicted octanol–water partition coefficient (Wildman–Crippen LogP) is 4.60. The molecule has 1 aromatic heterocycles. The third-order valence-electron chi connectivity index (χ3n) is 4.66. The van der Waals surface area contributed by atoms with Crippen LogP contribution in [0.3, 0.4) is 0 Å². The van der Waals surface area contributed by atoms with E-state index < -0.39 is 0 Å². The summed E-state index contributed by atoms with van der Waals surface area (Å²) in [5, 5.41) is 12.8. The third kappa shape index (κ3) is 5.63. The zero-order valence-electron chi connectivity index (χ0n) is 17.6. The van der Waals surface area contributed by atoms with Crippen molar-refractivity contribution in [2.75, 3.05) is 12.4 Å². The second-order valence-electron chi connectivity index (χ2n) is 7.16. The van der Waals surface area contributed by atoms with Crippen molar-refractivity contribution < 1.29 is 9.53 Å². The Morgan fingerprint density at radius 3 is 2.37 bits per heavy atom. The van der Waals surface area contributed by atoms with Gasteiger partial charge in [0.1, 0.15) is 5.75 Å². The van der Waals surface area contributed by atoms with E-state index in [0.717, 1.165) is 29.0 Å². The van der Waals surface area contributed by atoms with Gasteiger partial charge in [-0.05, 0) is 37.1 Å². The van der Waals surface area contributed by atoms with E-state index in [2.05, 4.69) is 40.9 Å². The van der Waals surface area contributed by atoms with Gasteiger partial charge in [-0.1, -0.05) is 62.0 Å². The molecule has 2 aromatic carbocycles. The van der Waals surface area contributed by atoms with Gasteiger partial charge in [0.2, 0.25) is 0 Å². The Morgan fingerprint density at radius 2 is 1.73 bits per heavy atom. The first-order valence-electron chi connectivity index (χ1n) is 10.2. The molecule has 0 unspecified atom stereocenters. The molecular formula is C23H28N4O2S. The van der Waals surface area contributed by atoms with Gasteiger partial charge in [0, 0.05) is 17.9 Å². The number of hydrogen-bond donors (Lipinski definition) is 1. The highest BCUT2D eigenvalue weighted by molar-refractivity contribution is 7.99. The van der Waals surface area contributed by atoms with Crippen LogP contribution in [0.2, 0.25) is 0 Å². The average Bonchev–Trinajstić information content (AvgIpc) is 3.18. The molecule has 1 atom stereocenters. The van der Waals surface area contributed by atoms with Gasteiger partial charge in [0.15, 0.2) is 11.0 Å². The van der Waals surface area contributed by atoms with Gasteiger partial charge < -0.3 is 14.6 Å². The molecule has 0 bridgehead atoms. The van der Waals surface area contributed by atoms with E-state index in [9.17, 15) is 4.79 Å². The Kier molecular flexibility index (Phi) is 7.90. The van der Waals surface area contributed by atoms with Crippen LogP contribution in [-0.4, -0.2) is 33.0 Å². The van der Waals surface area contributed by atoms with Crippen molar-refractivity contribution in [2.24, 2.45) is 5.92 Å². The maximum Gasteiger partial charge on any atom is 0.251 e. The number of para-hydroxylation sites is 1. The fourth-order valence-corrected chi connectivity index (χ4v) is 3.91. The number of thioether (sulfide) groups is 1. The van der Waals surface area contributed by atoms with Crippen LogP contribution in [0.1, 0.15) is 43.0 Å². The molecule has 0 saturated heterocycles.